The maximum atomic E-state index is 8.00. The summed E-state index contributed by atoms with van der Waals surface area (Å²) in [5, 5.41) is 11.5. The molecule has 0 bridgehead atoms. The van der Waals surface area contributed by atoms with Crippen LogP contribution in [0, 0.1) is 10.1 Å². The standard InChI is InChI=1S/C9H19N.HNO2/c1-8(2)6-5-7-9(3,4)10-8;2-1-3/h10H,5-7H2,1-4H3;(H,2,3). The molecule has 78 valence electrons. The summed E-state index contributed by atoms with van der Waals surface area (Å²) >= 11 is 0. The molecule has 1 fully saturated rings. The van der Waals surface area contributed by atoms with Crippen LogP contribution < -0.4 is 5.32 Å². The molecule has 2 N–H and O–H groups in total. The maximum absolute atomic E-state index is 8.00. The topological polar surface area (TPSA) is 69.1 Å². The number of quaternary nitrogens is 1. The largest absolute Gasteiger partial charge is 0.444 e. The predicted molar refractivity (Wildman–Crippen MR) is 53.1 cm³/mol. The number of rotatable bonds is 0. The van der Waals surface area contributed by atoms with E-state index in [1.54, 1.807) is 0 Å². The summed E-state index contributed by atoms with van der Waals surface area (Å²) in [6, 6.07) is 0. The van der Waals surface area contributed by atoms with Gasteiger partial charge >= 0.3 is 0 Å². The third-order valence-corrected chi connectivity index (χ3v) is 2.42. The van der Waals surface area contributed by atoms with E-state index in [1.165, 1.54) is 19.3 Å². The molecule has 1 heterocycles. The molecular formula is C9H20N2O2. The molecule has 4 nitrogen and oxygen atoms in total. The number of hydrogen-bond donors (Lipinski definition) is 1. The zero-order valence-electron chi connectivity index (χ0n) is 8.96. The van der Waals surface area contributed by atoms with Gasteiger partial charge in [-0.2, -0.15) is 0 Å². The Hall–Kier alpha value is -0.640. The van der Waals surface area contributed by atoms with Gasteiger partial charge in [0.2, 0.25) is 0 Å². The highest BCUT2D eigenvalue weighted by Gasteiger charge is 2.35. The fourth-order valence-corrected chi connectivity index (χ4v) is 2.20. The van der Waals surface area contributed by atoms with Gasteiger partial charge < -0.3 is 15.4 Å². The Kier molecular flexibility index (Phi) is 4.33. The smallest absolute Gasteiger partial charge is 0.0908 e. The molecule has 4 heteroatoms. The van der Waals surface area contributed by atoms with Crippen LogP contribution in [0.5, 0.6) is 0 Å². The normalized spacial score (nSPS) is 24.0. The van der Waals surface area contributed by atoms with Gasteiger partial charge in [0.15, 0.2) is 0 Å². The van der Waals surface area contributed by atoms with E-state index >= 15 is 0 Å². The van der Waals surface area contributed by atoms with Gasteiger partial charge in [-0.15, -0.1) is 5.34 Å². The molecule has 0 aromatic rings. The Morgan fingerprint density at radius 2 is 1.46 bits per heavy atom. The Morgan fingerprint density at radius 3 is 1.62 bits per heavy atom. The van der Waals surface area contributed by atoms with Crippen molar-refractivity contribution in [3.63, 3.8) is 0 Å². The van der Waals surface area contributed by atoms with Crippen LogP contribution in [-0.4, -0.2) is 11.1 Å². The van der Waals surface area contributed by atoms with Gasteiger partial charge in [-0.3, -0.25) is 0 Å². The zero-order chi connectivity index (χ0) is 10.5. The Balaban J connectivity index is 0.000000424. The molecule has 0 aromatic carbocycles. The van der Waals surface area contributed by atoms with Crippen LogP contribution in [-0.2, 0) is 0 Å². The van der Waals surface area contributed by atoms with Crippen molar-refractivity contribution in [1.82, 2.24) is 0 Å². The van der Waals surface area contributed by atoms with Crippen LogP contribution in [0.4, 0.5) is 0 Å². The lowest BCUT2D eigenvalue weighted by Crippen LogP contribution is -3.04. The van der Waals surface area contributed by atoms with E-state index in [0.717, 1.165) is 5.34 Å². The second-order valence-corrected chi connectivity index (χ2v) is 5.05. The first kappa shape index (κ1) is 12.4. The molecule has 0 aliphatic carbocycles. The van der Waals surface area contributed by atoms with Gasteiger partial charge in [0, 0.05) is 12.8 Å². The van der Waals surface area contributed by atoms with Crippen LogP contribution in [0.2, 0.25) is 0 Å². The highest BCUT2D eigenvalue weighted by molar-refractivity contribution is 4.77. The molecule has 0 amide bonds. The van der Waals surface area contributed by atoms with Gasteiger partial charge in [-0.25, -0.2) is 0 Å². The van der Waals surface area contributed by atoms with Crippen molar-refractivity contribution < 1.29 is 5.32 Å². The van der Waals surface area contributed by atoms with E-state index in [2.05, 4.69) is 33.0 Å². The summed E-state index contributed by atoms with van der Waals surface area (Å²) in [5.74, 6) is 0. The molecule has 1 aliphatic heterocycles. The Bertz CT molecular complexity index is 153. The third-order valence-electron chi connectivity index (χ3n) is 2.42. The van der Waals surface area contributed by atoms with Crippen LogP contribution in [0.3, 0.4) is 0 Å². The van der Waals surface area contributed by atoms with Gasteiger partial charge in [0.25, 0.3) is 0 Å². The number of hydrogen-bond acceptors (Lipinski definition) is 3. The minimum Gasteiger partial charge on any atom is -0.444 e. The Labute approximate surface area is 79.7 Å². The van der Waals surface area contributed by atoms with E-state index in [-0.39, 0.29) is 0 Å². The van der Waals surface area contributed by atoms with E-state index in [0.29, 0.717) is 11.1 Å². The average molecular weight is 188 g/mol. The minimum absolute atomic E-state index is 0.488. The van der Waals surface area contributed by atoms with Crippen molar-refractivity contribution in [2.24, 2.45) is 5.34 Å². The van der Waals surface area contributed by atoms with Gasteiger partial charge in [-0.1, -0.05) is 0 Å². The zero-order valence-corrected chi connectivity index (χ0v) is 8.96. The van der Waals surface area contributed by atoms with E-state index in [1.807, 2.05) is 0 Å². The molecular weight excluding hydrogens is 168 g/mol. The monoisotopic (exact) mass is 188 g/mol. The van der Waals surface area contributed by atoms with Gasteiger partial charge in [0.05, 0.1) is 11.1 Å². The summed E-state index contributed by atoms with van der Waals surface area (Å²) in [7, 11) is 0. The highest BCUT2D eigenvalue weighted by atomic mass is 16.6. The van der Waals surface area contributed by atoms with Gasteiger partial charge in [-0.05, 0) is 34.1 Å². The lowest BCUT2D eigenvalue weighted by molar-refractivity contribution is -0.787. The molecule has 0 atom stereocenters. The second kappa shape index (κ2) is 4.56. The summed E-state index contributed by atoms with van der Waals surface area (Å²) in [5.41, 5.74) is 0.976. The summed E-state index contributed by atoms with van der Waals surface area (Å²) in [6.45, 7) is 9.36. The molecule has 1 rings (SSSR count). The first-order valence-corrected chi connectivity index (χ1v) is 4.65. The minimum atomic E-state index is 0.488. The first-order valence-electron chi connectivity index (χ1n) is 4.65. The third kappa shape index (κ3) is 5.58. The number of nitrogens with zero attached hydrogens (tertiary/aromatic N) is 1. The molecule has 0 unspecified atom stereocenters. The van der Waals surface area contributed by atoms with Crippen LogP contribution >= 0.6 is 0 Å². The number of piperidine rings is 1. The van der Waals surface area contributed by atoms with Gasteiger partial charge in [0.1, 0.15) is 0 Å². The van der Waals surface area contributed by atoms with E-state index in [4.69, 9.17) is 10.1 Å². The SMILES string of the molecule is CC1(C)CCCC(C)(C)[NH2+]1.O=N[O-]. The lowest BCUT2D eigenvalue weighted by Gasteiger charge is -2.38. The maximum Gasteiger partial charge on any atom is 0.0908 e. The van der Waals surface area contributed by atoms with Crippen LogP contribution in [0.1, 0.15) is 47.0 Å². The summed E-state index contributed by atoms with van der Waals surface area (Å²) in [6.07, 6.45) is 4.14. The van der Waals surface area contributed by atoms with Crippen molar-refractivity contribution in [2.45, 2.75) is 58.0 Å². The second-order valence-electron chi connectivity index (χ2n) is 5.05. The van der Waals surface area contributed by atoms with E-state index < -0.39 is 0 Å². The Morgan fingerprint density at radius 1 is 1.15 bits per heavy atom. The average Bonchev–Trinajstić information content (AvgIpc) is 1.82. The first-order chi connectivity index (χ1) is 5.83. The fourth-order valence-electron chi connectivity index (χ4n) is 2.20. The number of nitrogens with two attached hydrogens (primary N) is 1. The van der Waals surface area contributed by atoms with Crippen LogP contribution in [0.15, 0.2) is 5.34 Å². The molecule has 1 aliphatic rings. The van der Waals surface area contributed by atoms with Crippen molar-refractivity contribution in [3.05, 3.63) is 10.1 Å². The fraction of sp³-hybridized carbons (Fsp3) is 1.00. The van der Waals surface area contributed by atoms with Crippen LogP contribution in [0.25, 0.3) is 0 Å². The summed E-state index contributed by atoms with van der Waals surface area (Å²) < 4.78 is 0. The lowest BCUT2D eigenvalue weighted by atomic mass is 9.83. The van der Waals surface area contributed by atoms with Crippen molar-refractivity contribution in [3.8, 4) is 0 Å². The van der Waals surface area contributed by atoms with Crippen molar-refractivity contribution in [2.75, 3.05) is 0 Å². The van der Waals surface area contributed by atoms with Crippen molar-refractivity contribution >= 4 is 0 Å². The van der Waals surface area contributed by atoms with Crippen molar-refractivity contribution in [1.29, 1.82) is 0 Å². The predicted octanol–water partition coefficient (Wildman–Crippen LogP) is 1.54. The van der Waals surface area contributed by atoms with E-state index in [9.17, 15) is 0 Å². The summed E-state index contributed by atoms with van der Waals surface area (Å²) in [4.78, 5) is 8.00. The molecule has 0 saturated carbocycles. The highest BCUT2D eigenvalue weighted by Crippen LogP contribution is 2.20. The quantitative estimate of drug-likeness (QED) is 0.462. The molecule has 0 radical (unpaired) electrons. The molecule has 1 saturated heterocycles. The molecule has 0 aromatic heterocycles. The molecule has 13 heavy (non-hydrogen) atoms. The molecule has 0 spiro atoms.